The average molecular weight is 388 g/mol. The molecule has 0 saturated carbocycles. The van der Waals surface area contributed by atoms with E-state index in [0.717, 1.165) is 5.69 Å². The molecule has 0 aliphatic heterocycles. The van der Waals surface area contributed by atoms with Gasteiger partial charge in [-0.3, -0.25) is 9.78 Å². The zero-order valence-corrected chi connectivity index (χ0v) is 16.1. The summed E-state index contributed by atoms with van der Waals surface area (Å²) in [4.78, 5) is 17.2. The van der Waals surface area contributed by atoms with Crippen molar-refractivity contribution in [3.05, 3.63) is 83.9 Å². The summed E-state index contributed by atoms with van der Waals surface area (Å²) in [6, 6.07) is 18.3. The lowest BCUT2D eigenvalue weighted by Gasteiger charge is -2.09. The van der Waals surface area contributed by atoms with E-state index in [9.17, 15) is 4.79 Å². The summed E-state index contributed by atoms with van der Waals surface area (Å²) in [6.45, 7) is 2.12. The number of aromatic nitrogens is 1. The third-order valence-corrected chi connectivity index (χ3v) is 4.50. The number of carbonyl (C=O) groups excluding carboxylic acids is 1. The van der Waals surface area contributed by atoms with Gasteiger partial charge in [0, 0.05) is 23.3 Å². The third-order valence-electron chi connectivity index (χ3n) is 4.50. The highest BCUT2D eigenvalue weighted by Gasteiger charge is 2.19. The van der Waals surface area contributed by atoms with Crippen LogP contribution in [0.25, 0.3) is 11.0 Å². The third kappa shape index (κ3) is 4.06. The summed E-state index contributed by atoms with van der Waals surface area (Å²) < 4.78 is 16.8. The molecular formula is C23H20N2O4. The maximum Gasteiger partial charge on any atom is 0.259 e. The maximum absolute atomic E-state index is 12.9. The molecule has 1 N–H and O–H groups in total. The SMILES string of the molecule is COc1ccc2oc(C)c(C(=O)Nc3cccc(OCc4ccccn4)c3)c2c1. The molecule has 1 amide bonds. The summed E-state index contributed by atoms with van der Waals surface area (Å²) in [5.74, 6) is 1.60. The highest BCUT2D eigenvalue weighted by molar-refractivity contribution is 6.13. The number of anilines is 1. The van der Waals surface area contributed by atoms with E-state index in [1.54, 1.807) is 44.5 Å². The van der Waals surface area contributed by atoms with Crippen LogP contribution in [0, 0.1) is 6.92 Å². The molecule has 2 aromatic heterocycles. The minimum absolute atomic E-state index is 0.253. The first-order valence-corrected chi connectivity index (χ1v) is 9.15. The fraction of sp³-hybridized carbons (Fsp3) is 0.130. The molecule has 0 fully saturated rings. The van der Waals surface area contributed by atoms with Crippen LogP contribution in [0.2, 0.25) is 0 Å². The summed E-state index contributed by atoms with van der Waals surface area (Å²) >= 11 is 0. The molecule has 0 spiro atoms. The number of furan rings is 1. The Kier molecular flexibility index (Phi) is 5.16. The highest BCUT2D eigenvalue weighted by Crippen LogP contribution is 2.30. The largest absolute Gasteiger partial charge is 0.497 e. The molecule has 6 heteroatoms. The number of pyridine rings is 1. The van der Waals surface area contributed by atoms with Crippen LogP contribution in [-0.2, 0) is 6.61 Å². The molecule has 4 aromatic rings. The first kappa shape index (κ1) is 18.6. The van der Waals surface area contributed by atoms with Gasteiger partial charge < -0.3 is 19.2 Å². The quantitative estimate of drug-likeness (QED) is 0.504. The van der Waals surface area contributed by atoms with Gasteiger partial charge in [0.25, 0.3) is 5.91 Å². The van der Waals surface area contributed by atoms with Crippen LogP contribution in [0.4, 0.5) is 5.69 Å². The summed E-state index contributed by atoms with van der Waals surface area (Å²) in [5, 5.41) is 3.63. The predicted molar refractivity (Wildman–Crippen MR) is 110 cm³/mol. The molecule has 0 bridgehead atoms. The van der Waals surface area contributed by atoms with E-state index in [4.69, 9.17) is 13.9 Å². The van der Waals surface area contributed by atoms with Crippen molar-refractivity contribution in [1.82, 2.24) is 4.98 Å². The van der Waals surface area contributed by atoms with Crippen molar-refractivity contribution in [1.29, 1.82) is 0 Å². The number of carbonyl (C=O) groups is 1. The van der Waals surface area contributed by atoms with Gasteiger partial charge in [-0.15, -0.1) is 0 Å². The number of rotatable bonds is 6. The molecule has 0 aliphatic carbocycles. The Morgan fingerprint density at radius 2 is 1.97 bits per heavy atom. The van der Waals surface area contributed by atoms with Gasteiger partial charge in [0.05, 0.1) is 18.4 Å². The van der Waals surface area contributed by atoms with Gasteiger partial charge in [-0.2, -0.15) is 0 Å². The molecule has 4 rings (SSSR count). The summed E-state index contributed by atoms with van der Waals surface area (Å²) in [6.07, 6.45) is 1.72. The van der Waals surface area contributed by atoms with Gasteiger partial charge in [-0.1, -0.05) is 12.1 Å². The molecule has 0 aliphatic rings. The van der Waals surface area contributed by atoms with Gasteiger partial charge in [-0.05, 0) is 49.4 Å². The normalized spacial score (nSPS) is 10.7. The van der Waals surface area contributed by atoms with Crippen LogP contribution >= 0.6 is 0 Å². The Morgan fingerprint density at radius 3 is 2.76 bits per heavy atom. The van der Waals surface area contributed by atoms with E-state index < -0.39 is 0 Å². The van der Waals surface area contributed by atoms with Crippen LogP contribution < -0.4 is 14.8 Å². The van der Waals surface area contributed by atoms with E-state index in [0.29, 0.717) is 46.1 Å². The van der Waals surface area contributed by atoms with Gasteiger partial charge in [0.15, 0.2) is 0 Å². The molecule has 6 nitrogen and oxygen atoms in total. The lowest BCUT2D eigenvalue weighted by molar-refractivity contribution is 0.102. The number of fused-ring (bicyclic) bond motifs is 1. The molecular weight excluding hydrogens is 368 g/mol. The van der Waals surface area contributed by atoms with Gasteiger partial charge in [-0.25, -0.2) is 0 Å². The number of aryl methyl sites for hydroxylation is 1. The Labute approximate surface area is 168 Å². The van der Waals surface area contributed by atoms with Crippen molar-refractivity contribution in [3.63, 3.8) is 0 Å². The number of methoxy groups -OCH3 is 1. The Hall–Kier alpha value is -3.80. The molecule has 0 saturated heterocycles. The molecule has 0 radical (unpaired) electrons. The second-order valence-corrected chi connectivity index (χ2v) is 6.49. The Bertz CT molecular complexity index is 1150. The molecule has 0 unspecified atom stereocenters. The lowest BCUT2D eigenvalue weighted by atomic mass is 10.1. The molecule has 2 heterocycles. The first-order valence-electron chi connectivity index (χ1n) is 9.15. The van der Waals surface area contributed by atoms with E-state index >= 15 is 0 Å². The van der Waals surface area contributed by atoms with Crippen molar-refractivity contribution in [2.75, 3.05) is 12.4 Å². The topological polar surface area (TPSA) is 73.6 Å². The number of nitrogens with zero attached hydrogens (tertiary/aromatic N) is 1. The van der Waals surface area contributed by atoms with Crippen molar-refractivity contribution in [2.45, 2.75) is 13.5 Å². The van der Waals surface area contributed by atoms with Crippen LogP contribution in [0.15, 0.2) is 71.3 Å². The van der Waals surface area contributed by atoms with Gasteiger partial charge in [0.1, 0.15) is 29.4 Å². The second kappa shape index (κ2) is 8.06. The smallest absolute Gasteiger partial charge is 0.259 e. The van der Waals surface area contributed by atoms with Crippen LogP contribution in [-0.4, -0.2) is 18.0 Å². The number of benzene rings is 2. The van der Waals surface area contributed by atoms with Crippen LogP contribution in [0.5, 0.6) is 11.5 Å². The minimum atomic E-state index is -0.253. The first-order chi connectivity index (χ1) is 14.1. The zero-order chi connectivity index (χ0) is 20.2. The molecule has 29 heavy (non-hydrogen) atoms. The minimum Gasteiger partial charge on any atom is -0.497 e. The number of ether oxygens (including phenoxy) is 2. The van der Waals surface area contributed by atoms with Crippen molar-refractivity contribution < 1.29 is 18.7 Å². The zero-order valence-electron chi connectivity index (χ0n) is 16.1. The summed E-state index contributed by atoms with van der Waals surface area (Å²) in [7, 11) is 1.59. The second-order valence-electron chi connectivity index (χ2n) is 6.49. The van der Waals surface area contributed by atoms with Crippen molar-refractivity contribution in [3.8, 4) is 11.5 Å². The number of hydrogen-bond donors (Lipinski definition) is 1. The summed E-state index contributed by atoms with van der Waals surface area (Å²) in [5.41, 5.74) is 2.58. The number of amides is 1. The number of nitrogens with one attached hydrogen (secondary N) is 1. The molecule has 0 atom stereocenters. The van der Waals surface area contributed by atoms with Gasteiger partial charge in [0.2, 0.25) is 0 Å². The molecule has 146 valence electrons. The lowest BCUT2D eigenvalue weighted by Crippen LogP contribution is -2.12. The average Bonchev–Trinajstić information content (AvgIpc) is 3.08. The fourth-order valence-corrected chi connectivity index (χ4v) is 3.11. The van der Waals surface area contributed by atoms with Crippen molar-refractivity contribution >= 4 is 22.6 Å². The van der Waals surface area contributed by atoms with Crippen LogP contribution in [0.1, 0.15) is 21.8 Å². The predicted octanol–water partition coefficient (Wildman–Crippen LogP) is 4.98. The maximum atomic E-state index is 12.9. The Morgan fingerprint density at radius 1 is 1.07 bits per heavy atom. The van der Waals surface area contributed by atoms with Gasteiger partial charge >= 0.3 is 0 Å². The van der Waals surface area contributed by atoms with E-state index in [2.05, 4.69) is 10.3 Å². The molecule has 2 aromatic carbocycles. The number of hydrogen-bond acceptors (Lipinski definition) is 5. The Balaban J connectivity index is 1.53. The van der Waals surface area contributed by atoms with E-state index in [1.165, 1.54) is 0 Å². The highest BCUT2D eigenvalue weighted by atomic mass is 16.5. The monoisotopic (exact) mass is 388 g/mol. The van der Waals surface area contributed by atoms with Crippen molar-refractivity contribution in [2.24, 2.45) is 0 Å². The van der Waals surface area contributed by atoms with Crippen LogP contribution in [0.3, 0.4) is 0 Å². The van der Waals surface area contributed by atoms with E-state index in [-0.39, 0.29) is 5.91 Å². The standard InChI is InChI=1S/C23H20N2O4/c1-15-22(20-13-18(27-2)9-10-21(20)29-15)23(26)25-16-7-5-8-19(12-16)28-14-17-6-3-4-11-24-17/h3-13H,14H2,1-2H3,(H,25,26). The van der Waals surface area contributed by atoms with E-state index in [1.807, 2.05) is 36.4 Å². The fourth-order valence-electron chi connectivity index (χ4n) is 3.11.